The second-order valence-corrected chi connectivity index (χ2v) is 7.55. The van der Waals surface area contributed by atoms with Crippen LogP contribution in [0.4, 0.5) is 29.0 Å². The van der Waals surface area contributed by atoms with Gasteiger partial charge in [0.25, 0.3) is 11.6 Å². The first-order chi connectivity index (χ1) is 13.3. The Balaban J connectivity index is 2.07. The number of hydrogen-bond donors (Lipinski definition) is 0. The molecule has 1 aromatic heterocycles. The van der Waals surface area contributed by atoms with Gasteiger partial charge in [-0.2, -0.15) is 0 Å². The lowest BCUT2D eigenvalue weighted by atomic mass is 9.81. The summed E-state index contributed by atoms with van der Waals surface area (Å²) >= 11 is 0. The topological polar surface area (TPSA) is 54.5 Å². The van der Waals surface area contributed by atoms with Crippen molar-refractivity contribution in [1.82, 2.24) is 9.55 Å². The van der Waals surface area contributed by atoms with Crippen LogP contribution in [0, 0.1) is 20.1 Å². The highest BCUT2D eigenvalue weighted by Gasteiger charge is 2.40. The number of benzene rings is 1. The molecule has 7 nitrogen and oxygen atoms in total. The summed E-state index contributed by atoms with van der Waals surface area (Å²) in [5, 5.41) is 8.69. The summed E-state index contributed by atoms with van der Waals surface area (Å²) in [6, 6.07) is 4.60. The molecule has 1 unspecified atom stereocenters. The Bertz CT molecular complexity index is 1060. The largest absolute Gasteiger partial charge is 0.417 e. The SMILES string of the molecule is [C-]#[N+]c1nc(N=Nc2cc3c(cc2C)N(C)C(C)C3(C)C)n(CC=C)c1[N+]#[C-]. The average molecular weight is 373 g/mol. The second-order valence-electron chi connectivity index (χ2n) is 7.55. The van der Waals surface area contributed by atoms with Crippen LogP contribution in [-0.2, 0) is 12.0 Å². The van der Waals surface area contributed by atoms with Crippen molar-refractivity contribution in [1.29, 1.82) is 0 Å². The van der Waals surface area contributed by atoms with E-state index in [0.29, 0.717) is 12.6 Å². The molecule has 28 heavy (non-hydrogen) atoms. The van der Waals surface area contributed by atoms with Gasteiger partial charge in [-0.15, -0.1) is 5.11 Å². The Labute approximate surface area is 165 Å². The summed E-state index contributed by atoms with van der Waals surface area (Å²) < 4.78 is 1.55. The molecular formula is C21H23N7. The lowest BCUT2D eigenvalue weighted by Gasteiger charge is -2.28. The van der Waals surface area contributed by atoms with E-state index < -0.39 is 0 Å². The third kappa shape index (κ3) is 2.86. The molecule has 1 aliphatic rings. The Morgan fingerprint density at radius 1 is 1.29 bits per heavy atom. The van der Waals surface area contributed by atoms with E-state index in [1.165, 1.54) is 11.3 Å². The molecule has 0 saturated heterocycles. The molecule has 1 aromatic carbocycles. The van der Waals surface area contributed by atoms with Crippen LogP contribution in [0.1, 0.15) is 31.9 Å². The molecule has 1 aliphatic heterocycles. The van der Waals surface area contributed by atoms with E-state index in [1.54, 1.807) is 10.6 Å². The number of hydrogen-bond acceptors (Lipinski definition) is 4. The minimum absolute atomic E-state index is 0.00209. The number of azo groups is 1. The fourth-order valence-electron chi connectivity index (χ4n) is 3.59. The molecule has 0 spiro atoms. The summed E-state index contributed by atoms with van der Waals surface area (Å²) in [5.74, 6) is 0.431. The number of aromatic nitrogens is 2. The molecule has 0 saturated carbocycles. The maximum absolute atomic E-state index is 7.33. The summed E-state index contributed by atoms with van der Waals surface area (Å²) in [4.78, 5) is 13.2. The first-order valence-corrected chi connectivity index (χ1v) is 9.02. The van der Waals surface area contributed by atoms with E-state index in [-0.39, 0.29) is 23.0 Å². The fourth-order valence-corrected chi connectivity index (χ4v) is 3.59. The number of anilines is 1. The first kappa shape index (κ1) is 19.3. The summed E-state index contributed by atoms with van der Waals surface area (Å²) in [6.07, 6.45) is 1.64. The minimum atomic E-state index is -0.00209. The molecule has 3 rings (SSSR count). The van der Waals surface area contributed by atoms with Crippen molar-refractivity contribution in [3.05, 3.63) is 58.7 Å². The van der Waals surface area contributed by atoms with Crippen molar-refractivity contribution < 1.29 is 0 Å². The monoisotopic (exact) mass is 373 g/mol. The van der Waals surface area contributed by atoms with Crippen molar-refractivity contribution in [3.8, 4) is 0 Å². The van der Waals surface area contributed by atoms with Gasteiger partial charge in [-0.25, -0.2) is 4.57 Å². The van der Waals surface area contributed by atoms with E-state index in [2.05, 4.69) is 76.3 Å². The highest BCUT2D eigenvalue weighted by Crippen LogP contribution is 2.46. The highest BCUT2D eigenvalue weighted by molar-refractivity contribution is 5.70. The van der Waals surface area contributed by atoms with E-state index in [9.17, 15) is 0 Å². The van der Waals surface area contributed by atoms with Crippen LogP contribution < -0.4 is 4.90 Å². The Morgan fingerprint density at radius 3 is 2.61 bits per heavy atom. The van der Waals surface area contributed by atoms with Gasteiger partial charge in [0.15, 0.2) is 0 Å². The van der Waals surface area contributed by atoms with Gasteiger partial charge >= 0.3 is 5.95 Å². The van der Waals surface area contributed by atoms with Crippen molar-refractivity contribution in [3.63, 3.8) is 0 Å². The number of aryl methyl sites for hydroxylation is 1. The van der Waals surface area contributed by atoms with Crippen molar-refractivity contribution in [2.75, 3.05) is 11.9 Å². The maximum atomic E-state index is 7.33. The number of allylic oxidation sites excluding steroid dienone is 1. The number of fused-ring (bicyclic) bond motifs is 1. The number of imidazole rings is 1. The zero-order valence-electron chi connectivity index (χ0n) is 16.9. The summed E-state index contributed by atoms with van der Waals surface area (Å²) in [7, 11) is 2.11. The van der Waals surface area contributed by atoms with Crippen LogP contribution in [0.15, 0.2) is 35.0 Å². The van der Waals surface area contributed by atoms with Gasteiger partial charge in [-0.05, 0) is 37.1 Å². The number of nitrogens with zero attached hydrogens (tertiary/aromatic N) is 7. The molecule has 0 radical (unpaired) electrons. The van der Waals surface area contributed by atoms with E-state index in [1.807, 2.05) is 6.92 Å². The molecule has 1 atom stereocenters. The van der Waals surface area contributed by atoms with Gasteiger partial charge < -0.3 is 14.6 Å². The predicted octanol–water partition coefficient (Wildman–Crippen LogP) is 6.01. The smallest absolute Gasteiger partial charge is 0.373 e. The quantitative estimate of drug-likeness (QED) is 0.374. The first-order valence-electron chi connectivity index (χ1n) is 9.02. The zero-order chi connectivity index (χ0) is 20.6. The lowest BCUT2D eigenvalue weighted by Crippen LogP contribution is -2.36. The van der Waals surface area contributed by atoms with E-state index >= 15 is 0 Å². The zero-order valence-corrected chi connectivity index (χ0v) is 16.9. The fraction of sp³-hybridized carbons (Fsp3) is 0.381. The van der Waals surface area contributed by atoms with Crippen molar-refractivity contribution >= 4 is 29.0 Å². The number of rotatable bonds is 4. The van der Waals surface area contributed by atoms with Crippen LogP contribution in [0.5, 0.6) is 0 Å². The average Bonchev–Trinajstić information content (AvgIpc) is 3.09. The highest BCUT2D eigenvalue weighted by atomic mass is 15.3. The van der Waals surface area contributed by atoms with Gasteiger partial charge in [-0.3, -0.25) is 0 Å². The van der Waals surface area contributed by atoms with Crippen LogP contribution in [0.25, 0.3) is 9.69 Å². The van der Waals surface area contributed by atoms with Crippen LogP contribution in [0.2, 0.25) is 0 Å². The van der Waals surface area contributed by atoms with Gasteiger partial charge in [0.05, 0.1) is 12.2 Å². The molecule has 0 bridgehead atoms. The molecule has 0 fully saturated rings. The van der Waals surface area contributed by atoms with Crippen LogP contribution >= 0.6 is 0 Å². The molecule has 0 aliphatic carbocycles. The molecular weight excluding hydrogens is 350 g/mol. The van der Waals surface area contributed by atoms with E-state index in [0.717, 1.165) is 11.3 Å². The Kier molecular flexibility index (Phi) is 4.79. The summed E-state index contributed by atoms with van der Waals surface area (Å²) in [5.41, 5.74) is 4.22. The van der Waals surface area contributed by atoms with Crippen molar-refractivity contribution in [2.45, 2.75) is 45.7 Å². The lowest BCUT2D eigenvalue weighted by molar-refractivity contribution is 0.454. The third-order valence-corrected chi connectivity index (χ3v) is 5.69. The molecule has 142 valence electrons. The Hall–Kier alpha value is -3.45. The standard InChI is InChI=1S/C21H23N7/c1-9-10-28-19(23-7)18(22-6)24-20(28)26-25-16-12-15-17(11-13(16)2)27(8)14(3)21(15,4)5/h9,11-12,14H,1,10H2,2-5,8H3. The van der Waals surface area contributed by atoms with Crippen LogP contribution in [-0.4, -0.2) is 22.6 Å². The normalized spacial score (nSPS) is 17.4. The predicted molar refractivity (Wildman–Crippen MR) is 111 cm³/mol. The van der Waals surface area contributed by atoms with Gasteiger partial charge in [0, 0.05) is 24.2 Å². The molecule has 2 heterocycles. The molecule has 2 aromatic rings. The molecule has 0 amide bonds. The van der Waals surface area contributed by atoms with E-state index in [4.69, 9.17) is 13.1 Å². The van der Waals surface area contributed by atoms with Gasteiger partial charge in [-0.1, -0.05) is 49.7 Å². The van der Waals surface area contributed by atoms with Crippen LogP contribution in [0.3, 0.4) is 0 Å². The minimum Gasteiger partial charge on any atom is -0.373 e. The molecule has 7 heteroatoms. The second kappa shape index (κ2) is 6.94. The summed E-state index contributed by atoms with van der Waals surface area (Å²) in [6.45, 7) is 27.3. The van der Waals surface area contributed by atoms with Gasteiger partial charge in [0.2, 0.25) is 0 Å². The third-order valence-electron chi connectivity index (χ3n) is 5.69. The van der Waals surface area contributed by atoms with Crippen molar-refractivity contribution in [2.24, 2.45) is 10.2 Å². The van der Waals surface area contributed by atoms with Gasteiger partial charge in [0.1, 0.15) is 0 Å². The number of likely N-dealkylation sites (N-methyl/N-ethyl adjacent to an activating group) is 1. The maximum Gasteiger partial charge on any atom is 0.417 e. The Morgan fingerprint density at radius 2 is 2.00 bits per heavy atom. The molecule has 0 N–H and O–H groups in total.